The Hall–Kier alpha value is -4.17. The summed E-state index contributed by atoms with van der Waals surface area (Å²) in [7, 11) is 6.39. The zero-order valence-corrected chi connectivity index (χ0v) is 21.6. The fourth-order valence-corrected chi connectivity index (χ4v) is 4.52. The highest BCUT2D eigenvalue weighted by Crippen LogP contribution is 2.41. The van der Waals surface area contributed by atoms with Crippen molar-refractivity contribution in [2.24, 2.45) is 5.10 Å². The van der Waals surface area contributed by atoms with Gasteiger partial charge in [0.2, 0.25) is 5.75 Å². The highest BCUT2D eigenvalue weighted by Gasteiger charge is 2.25. The first-order valence-electron chi connectivity index (χ1n) is 11.6. The summed E-state index contributed by atoms with van der Waals surface area (Å²) in [6.07, 6.45) is 2.36. The molecule has 0 amide bonds. The van der Waals surface area contributed by atoms with E-state index in [1.807, 2.05) is 48.5 Å². The number of benzene rings is 3. The quantitative estimate of drug-likeness (QED) is 0.299. The van der Waals surface area contributed by atoms with E-state index >= 15 is 0 Å². The van der Waals surface area contributed by atoms with Crippen LogP contribution < -0.4 is 29.1 Å². The fourth-order valence-electron chi connectivity index (χ4n) is 4.35. The molecule has 5 rings (SSSR count). The van der Waals surface area contributed by atoms with Crippen LogP contribution in [0.1, 0.15) is 23.6 Å². The van der Waals surface area contributed by atoms with Crippen LogP contribution in [-0.2, 0) is 0 Å². The van der Waals surface area contributed by atoms with Gasteiger partial charge in [0.1, 0.15) is 5.75 Å². The van der Waals surface area contributed by atoms with Crippen LogP contribution >= 0.6 is 11.6 Å². The first-order chi connectivity index (χ1) is 18.0. The van der Waals surface area contributed by atoms with Crippen molar-refractivity contribution in [1.82, 2.24) is 10.4 Å². The van der Waals surface area contributed by atoms with Crippen molar-refractivity contribution in [1.29, 1.82) is 0 Å². The number of hydrogen-bond donors (Lipinski definition) is 1. The predicted molar refractivity (Wildman–Crippen MR) is 143 cm³/mol. The molecular formula is C28H26ClN3O5. The van der Waals surface area contributed by atoms with Crippen molar-refractivity contribution in [3.63, 3.8) is 0 Å². The number of ether oxygens (including phenoxy) is 5. The van der Waals surface area contributed by atoms with Crippen molar-refractivity contribution in [2.75, 3.05) is 28.4 Å². The maximum Gasteiger partial charge on any atom is 0.203 e. The minimum atomic E-state index is -0.0408. The van der Waals surface area contributed by atoms with Gasteiger partial charge in [-0.3, -0.25) is 4.98 Å². The van der Waals surface area contributed by atoms with Crippen LogP contribution in [0.3, 0.4) is 0 Å². The monoisotopic (exact) mass is 519 g/mol. The van der Waals surface area contributed by atoms with Gasteiger partial charge in [-0.05, 0) is 54.1 Å². The molecule has 1 unspecified atom stereocenters. The third-order valence-corrected chi connectivity index (χ3v) is 6.46. The van der Waals surface area contributed by atoms with Crippen LogP contribution in [0.25, 0.3) is 10.9 Å². The number of hydrazone groups is 1. The Morgan fingerprint density at radius 2 is 1.54 bits per heavy atom. The van der Waals surface area contributed by atoms with Gasteiger partial charge in [-0.1, -0.05) is 17.7 Å². The summed E-state index contributed by atoms with van der Waals surface area (Å²) in [6.45, 7) is 0. The van der Waals surface area contributed by atoms with Crippen molar-refractivity contribution in [2.45, 2.75) is 12.5 Å². The average molecular weight is 520 g/mol. The lowest BCUT2D eigenvalue weighted by atomic mass is 9.98. The lowest BCUT2D eigenvalue weighted by Gasteiger charge is -2.16. The molecule has 9 heteroatoms. The molecule has 190 valence electrons. The smallest absolute Gasteiger partial charge is 0.203 e. The predicted octanol–water partition coefficient (Wildman–Crippen LogP) is 6.15. The molecule has 0 bridgehead atoms. The van der Waals surface area contributed by atoms with Gasteiger partial charge in [-0.15, -0.1) is 0 Å². The van der Waals surface area contributed by atoms with Gasteiger partial charge in [-0.25, -0.2) is 0 Å². The second-order valence-corrected chi connectivity index (χ2v) is 8.78. The Morgan fingerprint density at radius 1 is 0.784 bits per heavy atom. The van der Waals surface area contributed by atoms with Gasteiger partial charge in [-0.2, -0.15) is 5.10 Å². The molecule has 0 radical (unpaired) electrons. The summed E-state index contributed by atoms with van der Waals surface area (Å²) in [5.41, 5.74) is 6.78. The summed E-state index contributed by atoms with van der Waals surface area (Å²) in [6, 6.07) is 16.9. The van der Waals surface area contributed by atoms with E-state index in [0.717, 1.165) is 27.7 Å². The van der Waals surface area contributed by atoms with Gasteiger partial charge >= 0.3 is 0 Å². The number of aromatic nitrogens is 1. The number of pyridine rings is 1. The van der Waals surface area contributed by atoms with Crippen LogP contribution in [-0.4, -0.2) is 39.1 Å². The number of methoxy groups -OCH3 is 4. The third-order valence-electron chi connectivity index (χ3n) is 6.23. The van der Waals surface area contributed by atoms with Crippen molar-refractivity contribution in [3.8, 4) is 34.5 Å². The Labute approximate surface area is 219 Å². The van der Waals surface area contributed by atoms with E-state index < -0.39 is 0 Å². The molecule has 1 aliphatic heterocycles. The molecule has 1 aliphatic rings. The first-order valence-corrected chi connectivity index (χ1v) is 11.9. The zero-order chi connectivity index (χ0) is 25.9. The van der Waals surface area contributed by atoms with E-state index in [1.165, 1.54) is 0 Å². The number of rotatable bonds is 8. The van der Waals surface area contributed by atoms with Crippen LogP contribution in [0.5, 0.6) is 34.5 Å². The number of halogens is 1. The molecular weight excluding hydrogens is 494 g/mol. The molecule has 37 heavy (non-hydrogen) atoms. The Kier molecular flexibility index (Phi) is 6.92. The molecule has 0 aliphatic carbocycles. The lowest BCUT2D eigenvalue weighted by molar-refractivity contribution is 0.324. The molecule has 0 fully saturated rings. The zero-order valence-electron chi connectivity index (χ0n) is 20.9. The standard InChI is InChI=1S/C28H26ClN3O5/c1-33-25-11-16(5-8-24(25)37-23-9-10-30-22-14-18(29)6-7-19(22)23)20-15-21(32-31-20)17-12-26(34-2)28(36-4)27(13-17)35-3/h5-14,20,31H,15H2,1-4H3. The molecule has 1 atom stereocenters. The molecule has 0 spiro atoms. The van der Waals surface area contributed by atoms with Crippen LogP contribution in [0.4, 0.5) is 0 Å². The van der Waals surface area contributed by atoms with E-state index in [0.29, 0.717) is 45.9 Å². The molecule has 2 heterocycles. The number of fused-ring (bicyclic) bond motifs is 1. The Balaban J connectivity index is 1.38. The third kappa shape index (κ3) is 4.80. The van der Waals surface area contributed by atoms with E-state index in [9.17, 15) is 0 Å². The van der Waals surface area contributed by atoms with Crippen molar-refractivity contribution >= 4 is 28.2 Å². The molecule has 4 aromatic rings. The molecule has 0 saturated heterocycles. The number of nitrogens with zero attached hydrogens (tertiary/aromatic N) is 2. The highest BCUT2D eigenvalue weighted by molar-refractivity contribution is 6.31. The average Bonchev–Trinajstić information content (AvgIpc) is 3.42. The van der Waals surface area contributed by atoms with Crippen LogP contribution in [0, 0.1) is 0 Å². The summed E-state index contributed by atoms with van der Waals surface area (Å²) in [5, 5.41) is 6.06. The van der Waals surface area contributed by atoms with E-state index in [1.54, 1.807) is 40.7 Å². The minimum Gasteiger partial charge on any atom is -0.493 e. The van der Waals surface area contributed by atoms with E-state index in [4.69, 9.17) is 35.3 Å². The molecule has 3 aromatic carbocycles. The normalized spacial score (nSPS) is 14.6. The molecule has 8 nitrogen and oxygen atoms in total. The van der Waals surface area contributed by atoms with Crippen molar-refractivity contribution < 1.29 is 23.7 Å². The van der Waals surface area contributed by atoms with Crippen LogP contribution in [0.2, 0.25) is 5.02 Å². The Bertz CT molecular complexity index is 1470. The Morgan fingerprint density at radius 3 is 2.24 bits per heavy atom. The van der Waals surface area contributed by atoms with Gasteiger partial charge < -0.3 is 29.1 Å². The molecule has 0 saturated carbocycles. The fraction of sp³-hybridized carbons (Fsp3) is 0.214. The minimum absolute atomic E-state index is 0.0408. The van der Waals surface area contributed by atoms with Crippen molar-refractivity contribution in [3.05, 3.63) is 76.9 Å². The summed E-state index contributed by atoms with van der Waals surface area (Å²) in [5.74, 6) is 3.58. The molecule has 1 N–H and O–H groups in total. The molecule has 1 aromatic heterocycles. The SMILES string of the molecule is COc1cc(C2CC(c3cc(OC)c(OC)c(OC)c3)=NN2)ccc1Oc1ccnc2cc(Cl)ccc12. The van der Waals surface area contributed by atoms with Gasteiger partial charge in [0, 0.05) is 28.6 Å². The largest absolute Gasteiger partial charge is 0.493 e. The number of hydrogen-bond acceptors (Lipinski definition) is 8. The summed E-state index contributed by atoms with van der Waals surface area (Å²) in [4.78, 5) is 4.38. The lowest BCUT2D eigenvalue weighted by Crippen LogP contribution is -2.10. The second kappa shape index (κ2) is 10.4. The van der Waals surface area contributed by atoms with E-state index in [-0.39, 0.29) is 6.04 Å². The number of nitrogens with one attached hydrogen (secondary N) is 1. The van der Waals surface area contributed by atoms with E-state index in [2.05, 4.69) is 15.5 Å². The first kappa shape index (κ1) is 24.5. The van der Waals surface area contributed by atoms with Gasteiger partial charge in [0.05, 0.1) is 45.7 Å². The maximum atomic E-state index is 6.24. The van der Waals surface area contributed by atoms with Crippen LogP contribution in [0.15, 0.2) is 65.9 Å². The summed E-state index contributed by atoms with van der Waals surface area (Å²) < 4.78 is 28.3. The maximum absolute atomic E-state index is 6.24. The second-order valence-electron chi connectivity index (χ2n) is 8.34. The summed E-state index contributed by atoms with van der Waals surface area (Å²) >= 11 is 6.12. The van der Waals surface area contributed by atoms with Gasteiger partial charge in [0.15, 0.2) is 23.0 Å². The topological polar surface area (TPSA) is 83.4 Å². The highest BCUT2D eigenvalue weighted by atomic mass is 35.5. The van der Waals surface area contributed by atoms with Gasteiger partial charge in [0.25, 0.3) is 0 Å².